The van der Waals surface area contributed by atoms with Crippen molar-refractivity contribution in [2.45, 2.75) is 18.6 Å². The number of nitrogens with two attached hydrogens (primary N) is 1. The van der Waals surface area contributed by atoms with Gasteiger partial charge in [-0.2, -0.15) is 0 Å². The molecule has 2 aliphatic heterocycles. The highest BCUT2D eigenvalue weighted by Crippen LogP contribution is 2.23. The van der Waals surface area contributed by atoms with Crippen LogP contribution in [0.1, 0.15) is 16.8 Å². The third-order valence-corrected chi connectivity index (χ3v) is 4.94. The predicted octanol–water partition coefficient (Wildman–Crippen LogP) is 2.37. The van der Waals surface area contributed by atoms with E-state index >= 15 is 0 Å². The molecule has 26 heavy (non-hydrogen) atoms. The largest absolute Gasteiger partial charge is 0.489 e. The predicted molar refractivity (Wildman–Crippen MR) is 100 cm³/mol. The van der Waals surface area contributed by atoms with E-state index in [1.165, 1.54) is 0 Å². The molecule has 6 heteroatoms. The summed E-state index contributed by atoms with van der Waals surface area (Å²) >= 11 is 0. The minimum atomic E-state index is -0.188. The van der Waals surface area contributed by atoms with Crippen molar-refractivity contribution in [2.24, 2.45) is 0 Å². The van der Waals surface area contributed by atoms with Crippen molar-refractivity contribution in [2.75, 3.05) is 37.4 Å². The molecule has 2 heterocycles. The van der Waals surface area contributed by atoms with E-state index in [2.05, 4.69) is 10.2 Å². The Bertz CT molecular complexity index is 774. The van der Waals surface area contributed by atoms with Crippen molar-refractivity contribution in [3.05, 3.63) is 54.1 Å². The van der Waals surface area contributed by atoms with Gasteiger partial charge in [0.15, 0.2) is 0 Å². The maximum absolute atomic E-state index is 12.4. The number of benzene rings is 2. The number of likely N-dealkylation sites (tertiary alicyclic amines) is 1. The van der Waals surface area contributed by atoms with Crippen LogP contribution in [0.5, 0.6) is 5.75 Å². The van der Waals surface area contributed by atoms with Crippen LogP contribution in [0.15, 0.2) is 48.5 Å². The zero-order valence-corrected chi connectivity index (χ0v) is 14.6. The van der Waals surface area contributed by atoms with Crippen molar-refractivity contribution < 1.29 is 14.3 Å². The molecule has 1 amide bonds. The van der Waals surface area contributed by atoms with Gasteiger partial charge in [-0.1, -0.05) is 12.1 Å². The maximum atomic E-state index is 12.4. The Labute approximate surface area is 152 Å². The van der Waals surface area contributed by atoms with Crippen LogP contribution < -0.4 is 15.8 Å². The molecule has 1 atom stereocenters. The number of rotatable bonds is 5. The molecular formula is C20H23N3O3. The lowest BCUT2D eigenvalue weighted by Gasteiger charge is -2.34. The number of ether oxygens (including phenoxy) is 2. The fraction of sp³-hybridized carbons (Fsp3) is 0.350. The number of hydrogen-bond acceptors (Lipinski definition) is 5. The van der Waals surface area contributed by atoms with Gasteiger partial charge >= 0.3 is 0 Å². The van der Waals surface area contributed by atoms with Crippen LogP contribution in [-0.2, 0) is 4.74 Å². The van der Waals surface area contributed by atoms with Crippen LogP contribution in [0, 0.1) is 0 Å². The molecule has 0 aliphatic carbocycles. The summed E-state index contributed by atoms with van der Waals surface area (Å²) in [5, 5.41) is 2.83. The SMILES string of the molecule is Nc1ccccc1NC(=O)c1ccc(O[C@H]2CCN(C3COC3)C2)cc1. The number of hydrogen-bond donors (Lipinski definition) is 2. The van der Waals surface area contributed by atoms with Crippen LogP contribution >= 0.6 is 0 Å². The molecule has 0 aromatic heterocycles. The Morgan fingerprint density at radius 3 is 2.62 bits per heavy atom. The number of nitrogens with one attached hydrogen (secondary N) is 1. The molecule has 0 saturated carbocycles. The minimum Gasteiger partial charge on any atom is -0.489 e. The molecule has 2 aromatic carbocycles. The van der Waals surface area contributed by atoms with E-state index in [1.54, 1.807) is 24.3 Å². The zero-order chi connectivity index (χ0) is 17.9. The summed E-state index contributed by atoms with van der Waals surface area (Å²) in [5.41, 5.74) is 7.59. The second-order valence-corrected chi connectivity index (χ2v) is 6.78. The number of carbonyl (C=O) groups excluding carboxylic acids is 1. The van der Waals surface area contributed by atoms with Gasteiger partial charge in [-0.05, 0) is 42.8 Å². The van der Waals surface area contributed by atoms with E-state index < -0.39 is 0 Å². The van der Waals surface area contributed by atoms with Crippen LogP contribution in [0.4, 0.5) is 11.4 Å². The molecule has 2 fully saturated rings. The van der Waals surface area contributed by atoms with Crippen molar-refractivity contribution >= 4 is 17.3 Å². The monoisotopic (exact) mass is 353 g/mol. The van der Waals surface area contributed by atoms with Gasteiger partial charge in [0.2, 0.25) is 0 Å². The van der Waals surface area contributed by atoms with E-state index in [0.717, 1.165) is 38.5 Å². The number of nitrogens with zero attached hydrogens (tertiary/aromatic N) is 1. The van der Waals surface area contributed by atoms with Gasteiger partial charge in [0, 0.05) is 18.7 Å². The maximum Gasteiger partial charge on any atom is 0.255 e. The molecule has 2 saturated heterocycles. The highest BCUT2D eigenvalue weighted by molar-refractivity contribution is 6.05. The highest BCUT2D eigenvalue weighted by Gasteiger charge is 2.33. The van der Waals surface area contributed by atoms with E-state index in [-0.39, 0.29) is 12.0 Å². The minimum absolute atomic E-state index is 0.188. The Balaban J connectivity index is 1.33. The summed E-state index contributed by atoms with van der Waals surface area (Å²) < 4.78 is 11.3. The number of para-hydroxylation sites is 2. The average Bonchev–Trinajstić information content (AvgIpc) is 3.04. The van der Waals surface area contributed by atoms with Gasteiger partial charge in [0.25, 0.3) is 5.91 Å². The quantitative estimate of drug-likeness (QED) is 0.807. The molecule has 2 aliphatic rings. The van der Waals surface area contributed by atoms with E-state index in [4.69, 9.17) is 15.2 Å². The fourth-order valence-corrected chi connectivity index (χ4v) is 3.30. The molecular weight excluding hydrogens is 330 g/mol. The van der Waals surface area contributed by atoms with Crippen molar-refractivity contribution in [3.63, 3.8) is 0 Å². The van der Waals surface area contributed by atoms with E-state index in [1.807, 2.05) is 24.3 Å². The smallest absolute Gasteiger partial charge is 0.255 e. The zero-order valence-electron chi connectivity index (χ0n) is 14.6. The summed E-state index contributed by atoms with van der Waals surface area (Å²) in [7, 11) is 0. The number of amides is 1. The van der Waals surface area contributed by atoms with Gasteiger partial charge in [-0.15, -0.1) is 0 Å². The first-order valence-electron chi connectivity index (χ1n) is 8.93. The molecule has 3 N–H and O–H groups in total. The normalized spacial score (nSPS) is 20.5. The topological polar surface area (TPSA) is 76.8 Å². The van der Waals surface area contributed by atoms with Crippen LogP contribution in [-0.4, -0.2) is 49.3 Å². The van der Waals surface area contributed by atoms with Crippen molar-refractivity contribution in [1.29, 1.82) is 0 Å². The van der Waals surface area contributed by atoms with Crippen molar-refractivity contribution in [1.82, 2.24) is 4.90 Å². The molecule has 4 rings (SSSR count). The summed E-state index contributed by atoms with van der Waals surface area (Å²) in [6, 6.07) is 15.0. The summed E-state index contributed by atoms with van der Waals surface area (Å²) in [4.78, 5) is 14.8. The Morgan fingerprint density at radius 1 is 1.15 bits per heavy atom. The number of carbonyl (C=O) groups is 1. The van der Waals surface area contributed by atoms with Gasteiger partial charge in [0.1, 0.15) is 11.9 Å². The molecule has 6 nitrogen and oxygen atoms in total. The van der Waals surface area contributed by atoms with E-state index in [9.17, 15) is 4.79 Å². The van der Waals surface area contributed by atoms with Crippen LogP contribution in [0.2, 0.25) is 0 Å². The third kappa shape index (κ3) is 3.66. The fourth-order valence-electron chi connectivity index (χ4n) is 3.30. The highest BCUT2D eigenvalue weighted by atomic mass is 16.5. The number of nitrogen functional groups attached to an aromatic ring is 1. The van der Waals surface area contributed by atoms with E-state index in [0.29, 0.717) is 23.0 Å². The second-order valence-electron chi connectivity index (χ2n) is 6.78. The van der Waals surface area contributed by atoms with Gasteiger partial charge in [-0.25, -0.2) is 0 Å². The van der Waals surface area contributed by atoms with Crippen LogP contribution in [0.25, 0.3) is 0 Å². The van der Waals surface area contributed by atoms with Gasteiger partial charge in [-0.3, -0.25) is 9.69 Å². The summed E-state index contributed by atoms with van der Waals surface area (Å²) in [6.07, 6.45) is 1.21. The average molecular weight is 353 g/mol. The van der Waals surface area contributed by atoms with Gasteiger partial charge in [0.05, 0.1) is 30.6 Å². The Hall–Kier alpha value is -2.57. The van der Waals surface area contributed by atoms with Crippen LogP contribution in [0.3, 0.4) is 0 Å². The molecule has 136 valence electrons. The molecule has 0 radical (unpaired) electrons. The summed E-state index contributed by atoms with van der Waals surface area (Å²) in [6.45, 7) is 3.66. The Kier molecular flexibility index (Phi) is 4.77. The number of anilines is 2. The third-order valence-electron chi connectivity index (χ3n) is 4.94. The first-order valence-corrected chi connectivity index (χ1v) is 8.93. The summed E-state index contributed by atoms with van der Waals surface area (Å²) in [5.74, 6) is 0.601. The Morgan fingerprint density at radius 2 is 1.92 bits per heavy atom. The molecule has 0 spiro atoms. The first-order chi connectivity index (χ1) is 12.7. The van der Waals surface area contributed by atoms with Crippen molar-refractivity contribution in [3.8, 4) is 5.75 Å². The molecule has 0 bridgehead atoms. The molecule has 0 unspecified atom stereocenters. The van der Waals surface area contributed by atoms with Gasteiger partial charge < -0.3 is 20.5 Å². The standard InChI is InChI=1S/C20H23N3O3/c21-18-3-1-2-4-19(18)22-20(24)14-5-7-16(8-6-14)26-17-9-10-23(11-17)15-12-25-13-15/h1-8,15,17H,9-13,21H2,(H,22,24)/t17-/m0/s1. The lowest BCUT2D eigenvalue weighted by molar-refractivity contribution is -0.0592. The second kappa shape index (κ2) is 7.35. The first kappa shape index (κ1) is 16.9. The lowest BCUT2D eigenvalue weighted by Crippen LogP contribution is -2.48. The molecule has 2 aromatic rings. The lowest BCUT2D eigenvalue weighted by atomic mass is 10.2.